The van der Waals surface area contributed by atoms with Crippen LogP contribution in [0.5, 0.6) is 0 Å². The molecule has 0 aromatic heterocycles. The van der Waals surface area contributed by atoms with Crippen molar-refractivity contribution in [3.05, 3.63) is 41.0 Å². The number of aromatic carboxylic acids is 1. The lowest BCUT2D eigenvalue weighted by atomic mass is 9.31. The van der Waals surface area contributed by atoms with Gasteiger partial charge in [0.1, 0.15) is 0 Å². The number of anilines is 1. The maximum atomic E-state index is 10.6. The van der Waals surface area contributed by atoms with Crippen LogP contribution in [0.2, 0.25) is 0 Å². The van der Waals surface area contributed by atoms with Crippen molar-refractivity contribution in [1.82, 2.24) is 0 Å². The van der Waals surface area contributed by atoms with Gasteiger partial charge in [0.25, 0.3) is 0 Å². The van der Waals surface area contributed by atoms with Crippen molar-refractivity contribution in [3.63, 3.8) is 0 Å². The molecule has 4 heteroatoms. The number of carbonyl (C=O) groups is 1. The lowest BCUT2D eigenvalue weighted by Gasteiger charge is -2.73. The molecule has 1 aromatic carbocycles. The minimum atomic E-state index is -0.879. The summed E-state index contributed by atoms with van der Waals surface area (Å²) >= 11 is 0. The Bertz CT molecular complexity index is 798. The number of nitrogens with two attached hydrogens (primary N) is 1. The van der Waals surface area contributed by atoms with Gasteiger partial charge in [0.2, 0.25) is 0 Å². The number of carboxylic acids is 1. The Labute approximate surface area is 188 Å². The van der Waals surface area contributed by atoms with Crippen LogP contribution in [0.3, 0.4) is 0 Å². The summed E-state index contributed by atoms with van der Waals surface area (Å²) in [5.41, 5.74) is 12.7. The van der Waals surface area contributed by atoms with E-state index in [-0.39, 0.29) is 0 Å². The van der Waals surface area contributed by atoms with Gasteiger partial charge in [0.15, 0.2) is 0 Å². The molecule has 4 nitrogen and oxygen atoms in total. The highest BCUT2D eigenvalue weighted by Gasteiger charge is 2.68. The van der Waals surface area contributed by atoms with E-state index in [2.05, 4.69) is 39.5 Å². The highest BCUT2D eigenvalue weighted by Crippen LogP contribution is 2.79. The normalized spacial score (nSPS) is 28.1. The third-order valence-corrected chi connectivity index (χ3v) is 8.21. The van der Waals surface area contributed by atoms with Crippen LogP contribution in [0.15, 0.2) is 35.4 Å². The molecule has 0 radical (unpaired) electrons. The Morgan fingerprint density at radius 2 is 1.65 bits per heavy atom. The zero-order valence-corrected chi connectivity index (χ0v) is 20.3. The van der Waals surface area contributed by atoms with Crippen molar-refractivity contribution in [1.29, 1.82) is 0 Å². The number of nitrogens with zero attached hydrogens (tertiary/aromatic N) is 1. The van der Waals surface area contributed by atoms with E-state index in [1.165, 1.54) is 44.9 Å². The predicted octanol–water partition coefficient (Wildman–Crippen LogP) is 6.26. The molecule has 1 aromatic rings. The molecular formula is C27H42N2O2. The molecule has 0 spiro atoms. The number of benzene rings is 1. The third-order valence-electron chi connectivity index (χ3n) is 8.21. The molecule has 0 amide bonds. The Hall–Kier alpha value is -1.81. The van der Waals surface area contributed by atoms with E-state index in [9.17, 15) is 4.79 Å². The fourth-order valence-corrected chi connectivity index (χ4v) is 6.22. The first-order valence-electron chi connectivity index (χ1n) is 12.1. The van der Waals surface area contributed by atoms with Crippen molar-refractivity contribution < 1.29 is 9.90 Å². The summed E-state index contributed by atoms with van der Waals surface area (Å²) in [6.45, 7) is 14.1. The van der Waals surface area contributed by atoms with Crippen molar-refractivity contribution in [2.24, 2.45) is 22.0 Å². The third kappa shape index (κ3) is 4.69. The van der Waals surface area contributed by atoms with Crippen LogP contribution in [0.4, 0.5) is 5.69 Å². The fraction of sp³-hybridized carbons (Fsp3) is 0.667. The monoisotopic (exact) mass is 426 g/mol. The Morgan fingerprint density at radius 1 is 1.06 bits per heavy atom. The standard InChI is InChI=1S/C16H27N.C11H15NO2/c1-4-15-9-16(10-15,11-15)13-7-14(2,3)6-5-12(13)8-17;1-3-12(4-2)10-7-5-9(6-8-10)11(13)14/h4-11,17H2,1-3H3;5-8H,3-4H2,1-2H3,(H,13,14). The fourth-order valence-electron chi connectivity index (χ4n) is 6.22. The van der Waals surface area contributed by atoms with E-state index in [1.54, 1.807) is 23.3 Å². The van der Waals surface area contributed by atoms with E-state index in [4.69, 9.17) is 10.8 Å². The zero-order valence-electron chi connectivity index (χ0n) is 20.3. The minimum Gasteiger partial charge on any atom is -0.478 e. The predicted molar refractivity (Wildman–Crippen MR) is 130 cm³/mol. The second-order valence-corrected chi connectivity index (χ2v) is 10.8. The zero-order chi connectivity index (χ0) is 22.9. The number of carboxylic acid groups (broad SMARTS) is 1. The lowest BCUT2D eigenvalue weighted by molar-refractivity contribution is -0.182. The summed E-state index contributed by atoms with van der Waals surface area (Å²) in [7, 11) is 0. The first-order chi connectivity index (χ1) is 14.6. The van der Waals surface area contributed by atoms with E-state index < -0.39 is 5.97 Å². The van der Waals surface area contributed by atoms with Gasteiger partial charge in [0, 0.05) is 25.3 Å². The van der Waals surface area contributed by atoms with E-state index >= 15 is 0 Å². The quantitative estimate of drug-likeness (QED) is 0.505. The molecule has 0 heterocycles. The second-order valence-electron chi connectivity index (χ2n) is 10.8. The molecule has 0 aliphatic heterocycles. The molecule has 3 N–H and O–H groups in total. The van der Waals surface area contributed by atoms with Crippen LogP contribution >= 0.6 is 0 Å². The SMILES string of the molecule is CCC12CC(C3=C(CN)CCC(C)(C)C3)(C1)C2.CCN(CC)c1ccc(C(=O)O)cc1. The van der Waals surface area contributed by atoms with Gasteiger partial charge >= 0.3 is 5.97 Å². The van der Waals surface area contributed by atoms with Crippen molar-refractivity contribution in [3.8, 4) is 0 Å². The van der Waals surface area contributed by atoms with Gasteiger partial charge in [0.05, 0.1) is 5.56 Å². The van der Waals surface area contributed by atoms with Gasteiger partial charge in [-0.3, -0.25) is 0 Å². The number of allylic oxidation sites excluding steroid dienone is 1. The van der Waals surface area contributed by atoms with E-state index in [0.717, 1.165) is 30.7 Å². The Balaban J connectivity index is 0.000000180. The van der Waals surface area contributed by atoms with Gasteiger partial charge in [-0.15, -0.1) is 0 Å². The van der Waals surface area contributed by atoms with E-state index in [0.29, 0.717) is 16.4 Å². The van der Waals surface area contributed by atoms with Gasteiger partial charge in [-0.05, 0) is 92.9 Å². The maximum absolute atomic E-state index is 10.6. The molecule has 31 heavy (non-hydrogen) atoms. The van der Waals surface area contributed by atoms with Crippen LogP contribution in [-0.2, 0) is 0 Å². The summed E-state index contributed by atoms with van der Waals surface area (Å²) in [6.07, 6.45) is 9.74. The molecule has 3 saturated carbocycles. The Kier molecular flexibility index (Phi) is 6.90. The molecule has 4 aliphatic rings. The molecule has 0 atom stereocenters. The van der Waals surface area contributed by atoms with Crippen molar-refractivity contribution in [2.75, 3.05) is 24.5 Å². The highest BCUT2D eigenvalue weighted by atomic mass is 16.4. The largest absolute Gasteiger partial charge is 0.478 e. The second kappa shape index (κ2) is 8.97. The molecular weight excluding hydrogens is 384 g/mol. The summed E-state index contributed by atoms with van der Waals surface area (Å²) in [4.78, 5) is 12.8. The molecule has 2 bridgehead atoms. The Morgan fingerprint density at radius 3 is 2.10 bits per heavy atom. The van der Waals surface area contributed by atoms with Crippen molar-refractivity contribution in [2.45, 2.75) is 79.6 Å². The van der Waals surface area contributed by atoms with Crippen LogP contribution in [0.25, 0.3) is 0 Å². The first kappa shape index (κ1) is 23.8. The molecule has 5 rings (SSSR count). The highest BCUT2D eigenvalue weighted by molar-refractivity contribution is 5.88. The van der Waals surface area contributed by atoms with Gasteiger partial charge in [-0.2, -0.15) is 0 Å². The number of hydrogen-bond donors (Lipinski definition) is 2. The first-order valence-corrected chi connectivity index (χ1v) is 12.1. The lowest BCUT2D eigenvalue weighted by Crippen LogP contribution is -2.62. The van der Waals surface area contributed by atoms with Gasteiger partial charge in [-0.25, -0.2) is 4.79 Å². The molecule has 172 valence electrons. The summed E-state index contributed by atoms with van der Waals surface area (Å²) in [5, 5.41) is 8.72. The average molecular weight is 427 g/mol. The van der Waals surface area contributed by atoms with Crippen LogP contribution in [-0.4, -0.2) is 30.7 Å². The summed E-state index contributed by atoms with van der Waals surface area (Å²) in [5.74, 6) is -0.879. The summed E-state index contributed by atoms with van der Waals surface area (Å²) < 4.78 is 0. The van der Waals surface area contributed by atoms with Crippen LogP contribution in [0.1, 0.15) is 89.9 Å². The number of rotatable bonds is 7. The van der Waals surface area contributed by atoms with Crippen LogP contribution in [0, 0.1) is 16.2 Å². The van der Waals surface area contributed by atoms with E-state index in [1.807, 2.05) is 12.1 Å². The maximum Gasteiger partial charge on any atom is 0.335 e. The molecule has 3 fully saturated rings. The summed E-state index contributed by atoms with van der Waals surface area (Å²) in [6, 6.07) is 6.96. The van der Waals surface area contributed by atoms with Crippen molar-refractivity contribution >= 4 is 11.7 Å². The molecule has 0 unspecified atom stereocenters. The molecule has 4 aliphatic carbocycles. The minimum absolute atomic E-state index is 0.334. The smallest absolute Gasteiger partial charge is 0.335 e. The number of hydrogen-bond acceptors (Lipinski definition) is 3. The van der Waals surface area contributed by atoms with Gasteiger partial charge in [-0.1, -0.05) is 38.3 Å². The van der Waals surface area contributed by atoms with Gasteiger partial charge < -0.3 is 15.7 Å². The van der Waals surface area contributed by atoms with Crippen LogP contribution < -0.4 is 10.6 Å². The topological polar surface area (TPSA) is 66.6 Å². The molecule has 0 saturated heterocycles. The average Bonchev–Trinajstić information content (AvgIpc) is 2.68.